The molecule has 164 valence electrons. The van der Waals surface area contributed by atoms with Gasteiger partial charge in [-0.25, -0.2) is 19.9 Å². The Labute approximate surface area is 180 Å². The van der Waals surface area contributed by atoms with Crippen LogP contribution in [0.5, 0.6) is 0 Å². The lowest BCUT2D eigenvalue weighted by Gasteiger charge is -2.24. The van der Waals surface area contributed by atoms with E-state index in [0.717, 1.165) is 35.5 Å². The van der Waals surface area contributed by atoms with Crippen LogP contribution in [0.2, 0.25) is 0 Å². The molecule has 1 atom stereocenters. The Kier molecular flexibility index (Phi) is 5.50. The van der Waals surface area contributed by atoms with E-state index in [1.807, 2.05) is 0 Å². The van der Waals surface area contributed by atoms with Crippen molar-refractivity contribution < 1.29 is 32.5 Å². The number of hydrogen-bond acceptors (Lipinski definition) is 5. The highest BCUT2D eigenvalue weighted by Crippen LogP contribution is 2.41. The molecular formula is C21H21F3N3O3S+. The van der Waals surface area contributed by atoms with Gasteiger partial charge in [0.15, 0.2) is 0 Å². The number of rotatable bonds is 4. The molecule has 1 aliphatic heterocycles. The van der Waals surface area contributed by atoms with Crippen molar-refractivity contribution in [3.05, 3.63) is 51.9 Å². The highest BCUT2D eigenvalue weighted by atomic mass is 32.1. The minimum absolute atomic E-state index is 0.0203. The molecule has 1 aliphatic carbocycles. The average Bonchev–Trinajstić information content (AvgIpc) is 3.16. The molecular weight excluding hydrogens is 431 g/mol. The Morgan fingerprint density at radius 1 is 1.19 bits per heavy atom. The number of benzene rings is 1. The number of nitrogens with one attached hydrogen (secondary N) is 3. The van der Waals surface area contributed by atoms with E-state index in [1.54, 1.807) is 30.3 Å². The number of esters is 1. The van der Waals surface area contributed by atoms with Gasteiger partial charge in [0.2, 0.25) is 0 Å². The predicted molar refractivity (Wildman–Crippen MR) is 109 cm³/mol. The fourth-order valence-electron chi connectivity index (χ4n) is 3.91. The quantitative estimate of drug-likeness (QED) is 0.491. The summed E-state index contributed by atoms with van der Waals surface area (Å²) in [5.41, 5.74) is -1.93. The molecule has 0 spiro atoms. The molecule has 2 aromatic rings. The number of fused-ring (bicyclic) bond motifs is 1. The van der Waals surface area contributed by atoms with Crippen LogP contribution in [0, 0.1) is 0 Å². The van der Waals surface area contributed by atoms with Crippen LogP contribution in [-0.2, 0) is 22.4 Å². The minimum atomic E-state index is -5.00. The molecule has 2 aliphatic rings. The second-order valence-electron chi connectivity index (χ2n) is 7.45. The fourth-order valence-corrected chi connectivity index (χ4v) is 5.24. The molecule has 0 fully saturated rings. The molecule has 31 heavy (non-hydrogen) atoms. The molecule has 1 aromatic carbocycles. The summed E-state index contributed by atoms with van der Waals surface area (Å²) in [4.78, 5) is 28.4. The lowest BCUT2D eigenvalue weighted by molar-refractivity contribution is -0.566. The highest BCUT2D eigenvalue weighted by molar-refractivity contribution is 7.16. The van der Waals surface area contributed by atoms with E-state index in [4.69, 9.17) is 4.74 Å². The summed E-state index contributed by atoms with van der Waals surface area (Å²) in [7, 11) is 1.19. The zero-order chi connectivity index (χ0) is 22.2. The van der Waals surface area contributed by atoms with Gasteiger partial charge in [-0.1, -0.05) is 24.6 Å². The summed E-state index contributed by atoms with van der Waals surface area (Å²) in [6.07, 6.45) is -1.03. The van der Waals surface area contributed by atoms with Crippen molar-refractivity contribution >= 4 is 34.0 Å². The molecule has 0 saturated carbocycles. The summed E-state index contributed by atoms with van der Waals surface area (Å²) in [6.45, 7) is 0. The van der Waals surface area contributed by atoms with Gasteiger partial charge in [-0.15, -0.1) is 11.3 Å². The predicted octanol–water partition coefficient (Wildman–Crippen LogP) is 2.13. The van der Waals surface area contributed by atoms with Crippen LogP contribution >= 0.6 is 11.3 Å². The van der Waals surface area contributed by atoms with Crippen molar-refractivity contribution in [2.45, 2.75) is 43.9 Å². The van der Waals surface area contributed by atoms with Gasteiger partial charge in [0, 0.05) is 4.88 Å². The van der Waals surface area contributed by atoms with Crippen molar-refractivity contribution in [3.63, 3.8) is 0 Å². The van der Waals surface area contributed by atoms with E-state index in [2.05, 4.69) is 15.6 Å². The maximum atomic E-state index is 14.3. The van der Waals surface area contributed by atoms with Gasteiger partial charge >= 0.3 is 23.7 Å². The lowest BCUT2D eigenvalue weighted by Crippen LogP contribution is -2.94. The largest absolute Gasteiger partial charge is 0.465 e. The number of amidine groups is 1. The Balaban J connectivity index is 1.83. The number of anilines is 1. The van der Waals surface area contributed by atoms with E-state index in [9.17, 15) is 22.8 Å². The molecule has 1 amide bonds. The number of carbonyl (C=O) groups is 2. The number of hydrogen-bond donors (Lipinski definition) is 3. The second-order valence-corrected chi connectivity index (χ2v) is 8.56. The van der Waals surface area contributed by atoms with Crippen molar-refractivity contribution in [2.75, 3.05) is 12.4 Å². The molecule has 2 heterocycles. The average molecular weight is 452 g/mol. The summed E-state index contributed by atoms with van der Waals surface area (Å²) in [6, 6.07) is 8.20. The van der Waals surface area contributed by atoms with Crippen LogP contribution in [0.15, 0.2) is 30.3 Å². The summed E-state index contributed by atoms with van der Waals surface area (Å²) >= 11 is 1.08. The number of methoxy groups -OCH3 is 1. The number of ether oxygens (including phenoxy) is 1. The monoisotopic (exact) mass is 452 g/mol. The van der Waals surface area contributed by atoms with Crippen molar-refractivity contribution in [1.29, 1.82) is 0 Å². The van der Waals surface area contributed by atoms with Gasteiger partial charge in [-0.3, -0.25) is 0 Å². The van der Waals surface area contributed by atoms with Crippen LogP contribution in [0.3, 0.4) is 0 Å². The minimum Gasteiger partial charge on any atom is -0.465 e. The summed E-state index contributed by atoms with van der Waals surface area (Å²) in [5, 5.41) is 4.63. The summed E-state index contributed by atoms with van der Waals surface area (Å²) < 4.78 is 47.7. The third-order valence-corrected chi connectivity index (χ3v) is 6.70. The SMILES string of the molecule is COC(=O)c1c(N[C@@]2(C(F)(F)F)[NH+]=C(c3ccccc3)NC2=O)sc2c1CCCCC2. The van der Waals surface area contributed by atoms with Crippen molar-refractivity contribution in [3.8, 4) is 0 Å². The molecule has 0 saturated heterocycles. The molecule has 10 heteroatoms. The number of halogens is 3. The molecule has 0 bridgehead atoms. The zero-order valence-electron chi connectivity index (χ0n) is 16.7. The smallest absolute Gasteiger partial charge is 0.465 e. The van der Waals surface area contributed by atoms with Gasteiger partial charge in [0.05, 0.1) is 18.2 Å². The van der Waals surface area contributed by atoms with Gasteiger partial charge in [-0.2, -0.15) is 13.2 Å². The lowest BCUT2D eigenvalue weighted by atomic mass is 10.0. The zero-order valence-corrected chi connectivity index (χ0v) is 17.5. The van der Waals surface area contributed by atoms with Crippen LogP contribution in [0.4, 0.5) is 18.2 Å². The first-order chi connectivity index (χ1) is 14.8. The third kappa shape index (κ3) is 3.69. The van der Waals surface area contributed by atoms with Crippen LogP contribution in [0.1, 0.15) is 45.6 Å². The number of carbonyl (C=O) groups excluding carboxylic acids is 2. The first-order valence-electron chi connectivity index (χ1n) is 9.86. The first-order valence-corrected chi connectivity index (χ1v) is 10.7. The molecule has 6 nitrogen and oxygen atoms in total. The Morgan fingerprint density at radius 2 is 1.90 bits per heavy atom. The maximum Gasteiger partial charge on any atom is 0.465 e. The van der Waals surface area contributed by atoms with Crippen LogP contribution in [-0.4, -0.2) is 36.7 Å². The topological polar surface area (TPSA) is 81.4 Å². The Bertz CT molecular complexity index is 1050. The second kappa shape index (κ2) is 7.99. The normalized spacial score (nSPS) is 21.0. The number of alkyl halides is 3. The molecule has 0 radical (unpaired) electrons. The Hall–Kier alpha value is -2.88. The maximum absolute atomic E-state index is 14.3. The first kappa shape index (κ1) is 21.4. The highest BCUT2D eigenvalue weighted by Gasteiger charge is 2.69. The van der Waals surface area contributed by atoms with Crippen LogP contribution < -0.4 is 15.6 Å². The third-order valence-electron chi connectivity index (χ3n) is 5.49. The molecule has 4 rings (SSSR count). The molecule has 1 aromatic heterocycles. The van der Waals surface area contributed by atoms with Gasteiger partial charge < -0.3 is 10.1 Å². The standard InChI is InChI=1S/C21H20F3N3O3S/c1-30-18(28)15-13-10-6-3-7-11-14(13)31-17(15)27-20(21(22,23)24)19(29)25-16(26-20)12-8-4-2-5-9-12/h2,4-5,8-9,27H,3,6-7,10-11H2,1H3,(H,25,26,29)/p+1/t20-/m0/s1. The van der Waals surface area contributed by atoms with Gasteiger partial charge in [-0.05, 0) is 43.4 Å². The fraction of sp³-hybridized carbons (Fsp3) is 0.381. The van der Waals surface area contributed by atoms with Gasteiger partial charge in [0.1, 0.15) is 5.00 Å². The summed E-state index contributed by atoms with van der Waals surface area (Å²) in [5.74, 6) is -2.07. The van der Waals surface area contributed by atoms with Crippen molar-refractivity contribution in [2.24, 2.45) is 0 Å². The van der Waals surface area contributed by atoms with E-state index in [1.165, 1.54) is 7.11 Å². The van der Waals surface area contributed by atoms with E-state index >= 15 is 0 Å². The molecule has 0 unspecified atom stereocenters. The van der Waals surface area contributed by atoms with Crippen LogP contribution in [0.25, 0.3) is 0 Å². The van der Waals surface area contributed by atoms with Crippen molar-refractivity contribution in [1.82, 2.24) is 5.32 Å². The van der Waals surface area contributed by atoms with E-state index in [-0.39, 0.29) is 16.4 Å². The Morgan fingerprint density at radius 3 is 2.58 bits per heavy atom. The van der Waals surface area contributed by atoms with E-state index in [0.29, 0.717) is 24.0 Å². The van der Waals surface area contributed by atoms with Gasteiger partial charge in [0.25, 0.3) is 5.84 Å². The molecule has 3 N–H and O–H groups in total. The number of thiophene rings is 1. The van der Waals surface area contributed by atoms with E-state index < -0.39 is 23.7 Å². The number of aryl methyl sites for hydroxylation is 1. The number of amides is 1.